The normalized spacial score (nSPS) is 11.6. The Morgan fingerprint density at radius 1 is 0.513 bits per heavy atom. The molecule has 0 atom stereocenters. The zero-order valence-corrected chi connectivity index (χ0v) is 20.7. The molecule has 0 spiro atoms. The van der Waals surface area contributed by atoms with Crippen molar-refractivity contribution in [2.24, 2.45) is 0 Å². The summed E-state index contributed by atoms with van der Waals surface area (Å²) < 4.78 is 0. The van der Waals surface area contributed by atoms with Crippen LogP contribution in [0.3, 0.4) is 0 Å². The molecule has 182 valence electrons. The summed E-state index contributed by atoms with van der Waals surface area (Å²) in [5, 5.41) is 12.4. The maximum Gasteiger partial charge on any atom is 0.106 e. The van der Waals surface area contributed by atoms with Gasteiger partial charge in [0, 0.05) is 32.8 Å². The minimum Gasteiger partial charge on any atom is -0.353 e. The molecule has 0 aliphatic rings. The molecule has 6 heteroatoms. The second-order valence-corrected chi connectivity index (χ2v) is 9.52. The van der Waals surface area contributed by atoms with Crippen molar-refractivity contribution in [2.45, 2.75) is 0 Å². The van der Waals surface area contributed by atoms with E-state index in [0.29, 0.717) is 0 Å². The highest BCUT2D eigenvalue weighted by molar-refractivity contribution is 6.10. The maximum atomic E-state index is 5.03. The number of benzene rings is 4. The quantitative estimate of drug-likeness (QED) is 0.270. The lowest BCUT2D eigenvalue weighted by Gasteiger charge is -2.09. The Kier molecular flexibility index (Phi) is 4.72. The number of nitrogens with one attached hydrogen (secondary N) is 1. The highest BCUT2D eigenvalue weighted by Crippen LogP contribution is 2.42. The molecule has 0 bridgehead atoms. The SMILES string of the molecule is c1ccc2nnc(-c3c(-c4cnc5ccccc5n4)[nH]c4cccc(-c5ccc6ccccc6n5)c34)cc2c1. The van der Waals surface area contributed by atoms with Gasteiger partial charge in [-0.25, -0.2) is 9.97 Å². The van der Waals surface area contributed by atoms with Crippen molar-refractivity contribution in [3.05, 3.63) is 115 Å². The van der Waals surface area contributed by atoms with Crippen molar-refractivity contribution >= 4 is 43.7 Å². The molecule has 4 aromatic carbocycles. The van der Waals surface area contributed by atoms with E-state index in [2.05, 4.69) is 58.6 Å². The number of fused-ring (bicyclic) bond motifs is 4. The second kappa shape index (κ2) is 8.53. The zero-order valence-electron chi connectivity index (χ0n) is 20.7. The monoisotopic (exact) mass is 500 g/mol. The summed E-state index contributed by atoms with van der Waals surface area (Å²) in [5.41, 5.74) is 9.65. The average Bonchev–Trinajstić information content (AvgIpc) is 3.40. The van der Waals surface area contributed by atoms with Gasteiger partial charge in [-0.3, -0.25) is 4.98 Å². The molecule has 0 unspecified atom stereocenters. The average molecular weight is 501 g/mol. The van der Waals surface area contributed by atoms with Crippen LogP contribution < -0.4 is 0 Å². The molecular weight excluding hydrogens is 480 g/mol. The number of aromatic nitrogens is 6. The van der Waals surface area contributed by atoms with Gasteiger partial charge in [0.25, 0.3) is 0 Å². The molecule has 0 saturated heterocycles. The number of aromatic amines is 1. The zero-order chi connectivity index (χ0) is 25.8. The number of H-pyrrole nitrogens is 1. The number of rotatable bonds is 3. The molecular formula is C33H20N6. The predicted octanol–water partition coefficient (Wildman–Crippen LogP) is 7.60. The fourth-order valence-electron chi connectivity index (χ4n) is 5.31. The van der Waals surface area contributed by atoms with Gasteiger partial charge in [0.2, 0.25) is 0 Å². The molecule has 6 nitrogen and oxygen atoms in total. The molecule has 0 fully saturated rings. The van der Waals surface area contributed by atoms with E-state index >= 15 is 0 Å². The third-order valence-corrected chi connectivity index (χ3v) is 7.15. The van der Waals surface area contributed by atoms with Gasteiger partial charge < -0.3 is 4.98 Å². The van der Waals surface area contributed by atoms with E-state index in [9.17, 15) is 0 Å². The fraction of sp³-hybridized carbons (Fsp3) is 0. The van der Waals surface area contributed by atoms with Gasteiger partial charge >= 0.3 is 0 Å². The van der Waals surface area contributed by atoms with Crippen molar-refractivity contribution in [3.8, 4) is 33.9 Å². The Hall–Kier alpha value is -5.49. The number of pyridine rings is 1. The van der Waals surface area contributed by atoms with Gasteiger partial charge in [-0.2, -0.15) is 0 Å². The van der Waals surface area contributed by atoms with E-state index in [1.807, 2.05) is 66.9 Å². The number of hydrogen-bond donors (Lipinski definition) is 1. The van der Waals surface area contributed by atoms with Crippen molar-refractivity contribution in [1.82, 2.24) is 30.1 Å². The highest BCUT2D eigenvalue weighted by Gasteiger charge is 2.22. The minimum absolute atomic E-state index is 0.743. The van der Waals surface area contributed by atoms with Crippen LogP contribution in [0.5, 0.6) is 0 Å². The summed E-state index contributed by atoms with van der Waals surface area (Å²) in [5.74, 6) is 0. The van der Waals surface area contributed by atoms with Gasteiger partial charge in [-0.1, -0.05) is 66.7 Å². The highest BCUT2D eigenvalue weighted by atomic mass is 15.1. The van der Waals surface area contributed by atoms with Gasteiger partial charge in [-0.15, -0.1) is 10.2 Å². The van der Waals surface area contributed by atoms with E-state index in [0.717, 1.165) is 77.6 Å². The lowest BCUT2D eigenvalue weighted by atomic mass is 9.98. The van der Waals surface area contributed by atoms with E-state index in [1.54, 1.807) is 0 Å². The lowest BCUT2D eigenvalue weighted by molar-refractivity contribution is 1.08. The first kappa shape index (κ1) is 21.6. The number of para-hydroxylation sites is 3. The van der Waals surface area contributed by atoms with Crippen molar-refractivity contribution in [1.29, 1.82) is 0 Å². The molecule has 4 aromatic heterocycles. The van der Waals surface area contributed by atoms with Crippen LogP contribution in [-0.4, -0.2) is 30.1 Å². The number of hydrogen-bond acceptors (Lipinski definition) is 5. The second-order valence-electron chi connectivity index (χ2n) is 9.52. The molecule has 0 aliphatic heterocycles. The lowest BCUT2D eigenvalue weighted by Crippen LogP contribution is -1.94. The van der Waals surface area contributed by atoms with Crippen LogP contribution in [0, 0.1) is 0 Å². The summed E-state index contributed by atoms with van der Waals surface area (Å²) in [7, 11) is 0. The minimum atomic E-state index is 0.743. The molecule has 0 radical (unpaired) electrons. The first-order valence-corrected chi connectivity index (χ1v) is 12.8. The van der Waals surface area contributed by atoms with Gasteiger partial charge in [0.05, 0.1) is 45.3 Å². The van der Waals surface area contributed by atoms with Crippen LogP contribution in [-0.2, 0) is 0 Å². The molecule has 1 N–H and O–H groups in total. The van der Waals surface area contributed by atoms with Crippen molar-refractivity contribution in [3.63, 3.8) is 0 Å². The summed E-state index contributed by atoms with van der Waals surface area (Å²) in [4.78, 5) is 18.3. The van der Waals surface area contributed by atoms with Crippen LogP contribution in [0.25, 0.3) is 77.6 Å². The third kappa shape index (κ3) is 3.54. The van der Waals surface area contributed by atoms with Gasteiger partial charge in [0.15, 0.2) is 0 Å². The van der Waals surface area contributed by atoms with Crippen molar-refractivity contribution in [2.75, 3.05) is 0 Å². The topological polar surface area (TPSA) is 80.2 Å². The van der Waals surface area contributed by atoms with E-state index in [4.69, 9.17) is 20.1 Å². The van der Waals surface area contributed by atoms with Crippen molar-refractivity contribution < 1.29 is 0 Å². The Labute approximate surface area is 223 Å². The third-order valence-electron chi connectivity index (χ3n) is 7.15. The standard InChI is InChI=1S/C33H20N6/c1-3-11-23-20(8-1)16-17-25(35-23)22-10-7-15-28-31(22)32(29-18-21-9-2-4-12-24(21)38-39-29)33(37-28)30-19-34-26-13-5-6-14-27(26)36-30/h1-19,37H. The number of nitrogens with zero attached hydrogens (tertiary/aromatic N) is 5. The summed E-state index contributed by atoms with van der Waals surface area (Å²) in [6, 6.07) is 36.6. The summed E-state index contributed by atoms with van der Waals surface area (Å²) >= 11 is 0. The van der Waals surface area contributed by atoms with Crippen LogP contribution >= 0.6 is 0 Å². The largest absolute Gasteiger partial charge is 0.353 e. The van der Waals surface area contributed by atoms with Crippen LogP contribution in [0.1, 0.15) is 0 Å². The Morgan fingerprint density at radius 3 is 2.15 bits per heavy atom. The smallest absolute Gasteiger partial charge is 0.106 e. The molecule has 0 amide bonds. The van der Waals surface area contributed by atoms with Crippen LogP contribution in [0.4, 0.5) is 0 Å². The summed E-state index contributed by atoms with van der Waals surface area (Å²) in [6.45, 7) is 0. The van der Waals surface area contributed by atoms with E-state index in [-0.39, 0.29) is 0 Å². The molecule has 4 heterocycles. The van der Waals surface area contributed by atoms with Gasteiger partial charge in [-0.05, 0) is 42.5 Å². The molecule has 39 heavy (non-hydrogen) atoms. The summed E-state index contributed by atoms with van der Waals surface area (Å²) in [6.07, 6.45) is 1.82. The molecule has 0 saturated carbocycles. The molecule has 8 aromatic rings. The Morgan fingerprint density at radius 2 is 1.26 bits per heavy atom. The Balaban J connectivity index is 1.45. The van der Waals surface area contributed by atoms with E-state index < -0.39 is 0 Å². The molecule has 0 aliphatic carbocycles. The Bertz CT molecular complexity index is 2200. The molecule has 8 rings (SSSR count). The first-order valence-electron chi connectivity index (χ1n) is 12.8. The first-order chi connectivity index (χ1) is 19.3. The fourth-order valence-corrected chi connectivity index (χ4v) is 5.31. The van der Waals surface area contributed by atoms with Crippen LogP contribution in [0.2, 0.25) is 0 Å². The van der Waals surface area contributed by atoms with Crippen LogP contribution in [0.15, 0.2) is 115 Å². The van der Waals surface area contributed by atoms with E-state index in [1.165, 1.54) is 0 Å². The maximum absolute atomic E-state index is 5.03. The predicted molar refractivity (Wildman–Crippen MR) is 156 cm³/mol. The van der Waals surface area contributed by atoms with Gasteiger partial charge in [0.1, 0.15) is 5.69 Å².